The number of anilines is 1. The molecule has 0 bridgehead atoms. The molecular formula is C26H26F2N2. The van der Waals surface area contributed by atoms with Crippen molar-refractivity contribution in [1.82, 2.24) is 4.90 Å². The van der Waals surface area contributed by atoms with Crippen molar-refractivity contribution in [2.45, 2.75) is 13.0 Å². The van der Waals surface area contributed by atoms with E-state index in [-0.39, 0.29) is 17.7 Å². The molecule has 1 saturated heterocycles. The third kappa shape index (κ3) is 4.44. The van der Waals surface area contributed by atoms with Gasteiger partial charge >= 0.3 is 0 Å². The van der Waals surface area contributed by atoms with Crippen LogP contribution in [0.25, 0.3) is 6.08 Å². The minimum atomic E-state index is -0.248. The molecule has 0 radical (unpaired) electrons. The molecule has 1 heterocycles. The Kier molecular flexibility index (Phi) is 6.24. The second kappa shape index (κ2) is 9.23. The molecule has 3 aromatic rings. The van der Waals surface area contributed by atoms with Crippen LogP contribution in [0.4, 0.5) is 14.5 Å². The maximum absolute atomic E-state index is 13.5. The van der Waals surface area contributed by atoms with Crippen LogP contribution >= 0.6 is 0 Å². The third-order valence-corrected chi connectivity index (χ3v) is 5.67. The number of piperazine rings is 1. The first kappa shape index (κ1) is 20.3. The summed E-state index contributed by atoms with van der Waals surface area (Å²) in [6.07, 6.45) is 4.20. The topological polar surface area (TPSA) is 6.48 Å². The normalized spacial score (nSPS) is 15.3. The zero-order chi connectivity index (χ0) is 20.9. The van der Waals surface area contributed by atoms with Crippen molar-refractivity contribution in [1.29, 1.82) is 0 Å². The lowest BCUT2D eigenvalue weighted by Gasteiger charge is -2.41. The van der Waals surface area contributed by atoms with Gasteiger partial charge in [0.15, 0.2) is 0 Å². The van der Waals surface area contributed by atoms with Gasteiger partial charge in [-0.2, -0.15) is 0 Å². The molecule has 4 rings (SSSR count). The molecule has 0 spiro atoms. The van der Waals surface area contributed by atoms with E-state index in [0.717, 1.165) is 37.3 Å². The van der Waals surface area contributed by atoms with E-state index in [1.54, 1.807) is 0 Å². The molecule has 0 saturated carbocycles. The lowest BCUT2D eigenvalue weighted by Crippen LogP contribution is -2.48. The summed E-state index contributed by atoms with van der Waals surface area (Å²) in [6, 6.07) is 21.7. The van der Waals surface area contributed by atoms with Gasteiger partial charge in [0.1, 0.15) is 11.6 Å². The molecule has 1 aliphatic heterocycles. The zero-order valence-corrected chi connectivity index (χ0v) is 17.1. The Bertz CT molecular complexity index is 943. The highest BCUT2D eigenvalue weighted by atomic mass is 19.1. The van der Waals surface area contributed by atoms with Gasteiger partial charge in [-0.3, -0.25) is 4.90 Å². The van der Waals surface area contributed by atoms with Crippen molar-refractivity contribution in [2.75, 3.05) is 31.1 Å². The van der Waals surface area contributed by atoms with Crippen molar-refractivity contribution in [3.63, 3.8) is 0 Å². The van der Waals surface area contributed by atoms with Crippen molar-refractivity contribution in [3.05, 3.63) is 107 Å². The van der Waals surface area contributed by atoms with E-state index in [9.17, 15) is 8.78 Å². The summed E-state index contributed by atoms with van der Waals surface area (Å²) < 4.78 is 27.0. The number of nitrogens with zero attached hydrogens (tertiary/aromatic N) is 2. The van der Waals surface area contributed by atoms with Gasteiger partial charge in [0, 0.05) is 31.9 Å². The number of benzene rings is 3. The Balaban J connectivity index is 1.58. The van der Waals surface area contributed by atoms with Crippen molar-refractivity contribution >= 4 is 11.8 Å². The Morgan fingerprint density at radius 1 is 0.733 bits per heavy atom. The van der Waals surface area contributed by atoms with Gasteiger partial charge < -0.3 is 4.90 Å². The fraction of sp³-hybridized carbons (Fsp3) is 0.231. The number of para-hydroxylation sites is 1. The lowest BCUT2D eigenvalue weighted by atomic mass is 9.96. The van der Waals surface area contributed by atoms with Gasteiger partial charge in [-0.05, 0) is 53.9 Å². The highest BCUT2D eigenvalue weighted by Gasteiger charge is 2.27. The van der Waals surface area contributed by atoms with Crippen LogP contribution in [0.15, 0.2) is 78.9 Å². The van der Waals surface area contributed by atoms with E-state index in [2.05, 4.69) is 46.2 Å². The molecule has 0 unspecified atom stereocenters. The summed E-state index contributed by atoms with van der Waals surface area (Å²) in [7, 11) is 0. The van der Waals surface area contributed by atoms with Crippen LogP contribution in [0.3, 0.4) is 0 Å². The van der Waals surface area contributed by atoms with E-state index >= 15 is 0 Å². The summed E-state index contributed by atoms with van der Waals surface area (Å²) in [5, 5.41) is 0. The van der Waals surface area contributed by atoms with Crippen LogP contribution < -0.4 is 4.90 Å². The minimum Gasteiger partial charge on any atom is -0.368 e. The standard InChI is InChI=1S/C26H26F2N2/c1-2-5-20-6-3-4-7-25(20)29-16-18-30(19-17-29)26(21-8-12-23(27)13-9-21)22-10-14-24(28)15-11-22/h2-15,26H,16-19H2,1H3/b5-2+. The number of hydrogen-bond acceptors (Lipinski definition) is 2. The molecule has 0 amide bonds. The monoisotopic (exact) mass is 404 g/mol. The molecule has 0 aromatic heterocycles. The van der Waals surface area contributed by atoms with Crippen molar-refractivity contribution in [3.8, 4) is 0 Å². The highest BCUT2D eigenvalue weighted by molar-refractivity contribution is 5.67. The molecule has 1 fully saturated rings. The average Bonchev–Trinajstić information content (AvgIpc) is 2.78. The highest BCUT2D eigenvalue weighted by Crippen LogP contribution is 2.31. The van der Waals surface area contributed by atoms with Crippen LogP contribution in [0, 0.1) is 11.6 Å². The molecule has 0 N–H and O–H groups in total. The molecule has 4 heteroatoms. The molecular weight excluding hydrogens is 378 g/mol. The van der Waals surface area contributed by atoms with Crippen molar-refractivity contribution < 1.29 is 8.78 Å². The molecule has 30 heavy (non-hydrogen) atoms. The van der Waals surface area contributed by atoms with Crippen LogP contribution in [-0.4, -0.2) is 31.1 Å². The number of allylic oxidation sites excluding steroid dienone is 1. The fourth-order valence-corrected chi connectivity index (χ4v) is 4.22. The lowest BCUT2D eigenvalue weighted by molar-refractivity contribution is 0.212. The average molecular weight is 405 g/mol. The van der Waals surface area contributed by atoms with Gasteiger partial charge in [-0.25, -0.2) is 8.78 Å². The van der Waals surface area contributed by atoms with Gasteiger partial charge in [0.05, 0.1) is 6.04 Å². The smallest absolute Gasteiger partial charge is 0.123 e. The van der Waals surface area contributed by atoms with E-state index in [1.165, 1.54) is 35.5 Å². The first-order chi connectivity index (χ1) is 14.7. The van der Waals surface area contributed by atoms with E-state index in [1.807, 2.05) is 31.2 Å². The summed E-state index contributed by atoms with van der Waals surface area (Å²) >= 11 is 0. The predicted octanol–water partition coefficient (Wildman–Crippen LogP) is 5.91. The molecule has 2 nitrogen and oxygen atoms in total. The minimum absolute atomic E-state index is 0.0286. The molecule has 0 atom stereocenters. The Hall–Kier alpha value is -2.98. The fourth-order valence-electron chi connectivity index (χ4n) is 4.22. The second-order valence-electron chi connectivity index (χ2n) is 7.59. The van der Waals surface area contributed by atoms with E-state index in [0.29, 0.717) is 0 Å². The first-order valence-electron chi connectivity index (χ1n) is 10.4. The summed E-state index contributed by atoms with van der Waals surface area (Å²) in [4.78, 5) is 4.81. The maximum atomic E-state index is 13.5. The maximum Gasteiger partial charge on any atom is 0.123 e. The van der Waals surface area contributed by atoms with Gasteiger partial charge in [0.25, 0.3) is 0 Å². The number of halogens is 2. The molecule has 1 aliphatic rings. The van der Waals surface area contributed by atoms with Crippen LogP contribution in [0.5, 0.6) is 0 Å². The molecule has 154 valence electrons. The summed E-state index contributed by atoms with van der Waals surface area (Å²) in [6.45, 7) is 5.55. The van der Waals surface area contributed by atoms with Crippen LogP contribution in [0.2, 0.25) is 0 Å². The van der Waals surface area contributed by atoms with Gasteiger partial charge in [-0.15, -0.1) is 0 Å². The zero-order valence-electron chi connectivity index (χ0n) is 17.1. The molecule has 3 aromatic carbocycles. The van der Waals surface area contributed by atoms with Gasteiger partial charge in [-0.1, -0.05) is 54.6 Å². The summed E-state index contributed by atoms with van der Waals surface area (Å²) in [5.41, 5.74) is 4.51. The van der Waals surface area contributed by atoms with Gasteiger partial charge in [0.2, 0.25) is 0 Å². The predicted molar refractivity (Wildman–Crippen MR) is 120 cm³/mol. The van der Waals surface area contributed by atoms with Crippen molar-refractivity contribution in [2.24, 2.45) is 0 Å². The number of rotatable bonds is 5. The molecule has 0 aliphatic carbocycles. The Morgan fingerprint density at radius 2 is 1.27 bits per heavy atom. The summed E-state index contributed by atoms with van der Waals surface area (Å²) in [5.74, 6) is -0.496. The quantitative estimate of drug-likeness (QED) is 0.522. The van der Waals surface area contributed by atoms with Crippen LogP contribution in [-0.2, 0) is 0 Å². The Morgan fingerprint density at radius 3 is 1.80 bits per heavy atom. The first-order valence-corrected chi connectivity index (χ1v) is 10.4. The van der Waals surface area contributed by atoms with E-state index in [4.69, 9.17) is 0 Å². The SMILES string of the molecule is C/C=C/c1ccccc1N1CCN(C(c2ccc(F)cc2)c2ccc(F)cc2)CC1. The van der Waals surface area contributed by atoms with E-state index < -0.39 is 0 Å². The largest absolute Gasteiger partial charge is 0.368 e. The third-order valence-electron chi connectivity index (χ3n) is 5.67. The van der Waals surface area contributed by atoms with Crippen LogP contribution in [0.1, 0.15) is 29.7 Å². The Labute approximate surface area is 177 Å². The number of hydrogen-bond donors (Lipinski definition) is 0. The second-order valence-corrected chi connectivity index (χ2v) is 7.59.